The van der Waals surface area contributed by atoms with Crippen LogP contribution in [-0.2, 0) is 28.9 Å². The van der Waals surface area contributed by atoms with E-state index in [2.05, 4.69) is 23.3 Å². The van der Waals surface area contributed by atoms with Gasteiger partial charge in [0.25, 0.3) is 0 Å². The Morgan fingerprint density at radius 2 is 1.09 bits per heavy atom. The first kappa shape index (κ1) is 50.1. The maximum atomic E-state index is 13.0. The molecule has 0 radical (unpaired) electrons. The molecule has 316 valence electrons. The number of rotatable bonds is 36. The lowest BCUT2D eigenvalue weighted by Crippen LogP contribution is -2.61. The van der Waals surface area contributed by atoms with E-state index in [0.29, 0.717) is 12.8 Å². The van der Waals surface area contributed by atoms with Crippen LogP contribution in [0, 0.1) is 0 Å². The lowest BCUT2D eigenvalue weighted by Gasteiger charge is -2.41. The predicted octanol–water partition coefficient (Wildman–Crippen LogP) is 7.44. The third-order valence-corrected chi connectivity index (χ3v) is 10.9. The first-order valence-corrected chi connectivity index (χ1v) is 22.8. The Morgan fingerprint density at radius 1 is 0.679 bits per heavy atom. The lowest BCUT2D eigenvalue weighted by molar-refractivity contribution is -0.298. The zero-order valence-corrected chi connectivity index (χ0v) is 34.2. The summed E-state index contributed by atoms with van der Waals surface area (Å²) in [4.78, 5) is 13.0. The molecule has 13 heteroatoms. The largest absolute Gasteiger partial charge is 0.397 e. The summed E-state index contributed by atoms with van der Waals surface area (Å²) in [5.74, 6) is -0.230. The molecule has 12 nitrogen and oxygen atoms in total. The van der Waals surface area contributed by atoms with Crippen LogP contribution >= 0.6 is 0 Å². The minimum atomic E-state index is -5.07. The Morgan fingerprint density at radius 3 is 1.51 bits per heavy atom. The summed E-state index contributed by atoms with van der Waals surface area (Å²) < 4.78 is 47.5. The number of amides is 1. The van der Waals surface area contributed by atoms with Crippen LogP contribution in [0.5, 0.6) is 0 Å². The number of unbranched alkanes of at least 4 members (excludes halogenated alkanes) is 24. The fourth-order valence-corrected chi connectivity index (χ4v) is 7.56. The standard InChI is InChI=1S/C40H79NO11S/c1-3-5-7-9-11-13-15-17-18-19-21-23-25-27-29-34(43)33(41-36(44)30-28-26-24-22-20-16-14-12-10-8-6-4-2)32-50-40-38(46)39(52-53(47,48)49)37(45)35(31-42)51-40/h33-35,37-40,42-43,45-46H,3-32H2,1-2H3,(H,41,44)(H,47,48,49). The van der Waals surface area contributed by atoms with Crippen molar-refractivity contribution in [2.45, 2.75) is 236 Å². The molecule has 0 bridgehead atoms. The minimum absolute atomic E-state index is 0.230. The van der Waals surface area contributed by atoms with E-state index in [0.717, 1.165) is 51.4 Å². The molecule has 1 amide bonds. The molecule has 53 heavy (non-hydrogen) atoms. The highest BCUT2D eigenvalue weighted by atomic mass is 32.3. The van der Waals surface area contributed by atoms with E-state index in [-0.39, 0.29) is 12.5 Å². The summed E-state index contributed by atoms with van der Waals surface area (Å²) in [5.41, 5.74) is 0. The van der Waals surface area contributed by atoms with Crippen molar-refractivity contribution in [3.05, 3.63) is 0 Å². The van der Waals surface area contributed by atoms with E-state index in [1.54, 1.807) is 0 Å². The number of carbonyl (C=O) groups is 1. The van der Waals surface area contributed by atoms with Gasteiger partial charge in [0.1, 0.15) is 24.4 Å². The highest BCUT2D eigenvalue weighted by Gasteiger charge is 2.48. The smallest absolute Gasteiger partial charge is 0.394 e. The number of nitrogens with one attached hydrogen (secondary N) is 1. The van der Waals surface area contributed by atoms with Crippen molar-refractivity contribution in [1.82, 2.24) is 5.32 Å². The van der Waals surface area contributed by atoms with Gasteiger partial charge < -0.3 is 35.2 Å². The van der Waals surface area contributed by atoms with E-state index in [9.17, 15) is 33.6 Å². The van der Waals surface area contributed by atoms with Crippen molar-refractivity contribution in [2.24, 2.45) is 0 Å². The molecule has 1 aliphatic heterocycles. The highest BCUT2D eigenvalue weighted by molar-refractivity contribution is 7.80. The number of carbonyl (C=O) groups excluding carboxylic acids is 1. The summed E-state index contributed by atoms with van der Waals surface area (Å²) in [7, 11) is -5.07. The van der Waals surface area contributed by atoms with Gasteiger partial charge in [0, 0.05) is 6.42 Å². The number of aliphatic hydroxyl groups is 4. The monoisotopic (exact) mass is 782 g/mol. The van der Waals surface area contributed by atoms with Gasteiger partial charge in [-0.05, 0) is 12.8 Å². The van der Waals surface area contributed by atoms with Gasteiger partial charge in [-0.3, -0.25) is 9.35 Å². The SMILES string of the molecule is CCCCCCCCCCCCCCCCC(O)C(COC1OC(CO)C(O)C(OS(=O)(=O)O)C1O)NC(=O)CCCCCCCCCCCCCC. The summed E-state index contributed by atoms with van der Waals surface area (Å²) in [6, 6.07) is -0.849. The predicted molar refractivity (Wildman–Crippen MR) is 209 cm³/mol. The molecule has 0 aromatic rings. The topological polar surface area (TPSA) is 192 Å². The van der Waals surface area contributed by atoms with E-state index in [4.69, 9.17) is 14.0 Å². The van der Waals surface area contributed by atoms with E-state index < -0.39 is 59.9 Å². The second kappa shape index (κ2) is 32.2. The number of ether oxygens (including phenoxy) is 2. The first-order valence-electron chi connectivity index (χ1n) is 21.4. The third kappa shape index (κ3) is 25.8. The number of hydrogen-bond donors (Lipinski definition) is 6. The highest BCUT2D eigenvalue weighted by Crippen LogP contribution is 2.26. The second-order valence-electron chi connectivity index (χ2n) is 15.3. The molecule has 0 aromatic carbocycles. The Kier molecular flexibility index (Phi) is 30.5. The van der Waals surface area contributed by atoms with Gasteiger partial charge >= 0.3 is 10.4 Å². The average molecular weight is 782 g/mol. The van der Waals surface area contributed by atoms with Crippen molar-refractivity contribution in [2.75, 3.05) is 13.2 Å². The van der Waals surface area contributed by atoms with Gasteiger partial charge in [-0.1, -0.05) is 174 Å². The molecule has 1 heterocycles. The minimum Gasteiger partial charge on any atom is -0.394 e. The van der Waals surface area contributed by atoms with Crippen LogP contribution in [0.4, 0.5) is 0 Å². The Bertz CT molecular complexity index is 972. The first-order chi connectivity index (χ1) is 25.5. The molecule has 1 rings (SSSR count). The van der Waals surface area contributed by atoms with Crippen molar-refractivity contribution in [3.8, 4) is 0 Å². The van der Waals surface area contributed by atoms with Gasteiger partial charge in [0.2, 0.25) is 5.91 Å². The van der Waals surface area contributed by atoms with Gasteiger partial charge in [-0.15, -0.1) is 0 Å². The van der Waals surface area contributed by atoms with Gasteiger partial charge in [-0.2, -0.15) is 8.42 Å². The molecule has 7 atom stereocenters. The maximum Gasteiger partial charge on any atom is 0.397 e. The summed E-state index contributed by atoms with van der Waals surface area (Å²) in [6.45, 7) is 3.43. The van der Waals surface area contributed by atoms with Crippen molar-refractivity contribution >= 4 is 16.3 Å². The molecule has 1 aliphatic rings. The van der Waals surface area contributed by atoms with Crippen molar-refractivity contribution < 1.29 is 51.8 Å². The molecule has 0 aromatic heterocycles. The molecule has 0 aliphatic carbocycles. The zero-order chi connectivity index (χ0) is 39.2. The number of aliphatic hydroxyl groups excluding tert-OH is 4. The molecule has 6 N–H and O–H groups in total. The fraction of sp³-hybridized carbons (Fsp3) is 0.975. The van der Waals surface area contributed by atoms with E-state index >= 15 is 0 Å². The maximum absolute atomic E-state index is 13.0. The van der Waals surface area contributed by atoms with Crippen molar-refractivity contribution in [1.29, 1.82) is 0 Å². The van der Waals surface area contributed by atoms with Crippen LogP contribution < -0.4 is 5.32 Å². The van der Waals surface area contributed by atoms with Crippen LogP contribution in [0.1, 0.15) is 194 Å². The molecular formula is C40H79NO11S. The van der Waals surface area contributed by atoms with Crippen LogP contribution in [-0.4, -0.2) is 95.4 Å². The van der Waals surface area contributed by atoms with Crippen LogP contribution in [0.15, 0.2) is 0 Å². The molecule has 1 fully saturated rings. The van der Waals surface area contributed by atoms with Crippen molar-refractivity contribution in [3.63, 3.8) is 0 Å². The van der Waals surface area contributed by atoms with Gasteiger partial charge in [-0.25, -0.2) is 4.18 Å². The lowest BCUT2D eigenvalue weighted by atomic mass is 9.99. The zero-order valence-electron chi connectivity index (χ0n) is 33.3. The van der Waals surface area contributed by atoms with E-state index in [1.807, 2.05) is 0 Å². The Labute approximate surface area is 322 Å². The molecule has 0 saturated carbocycles. The summed E-state index contributed by atoms with van der Waals surface area (Å²) >= 11 is 0. The fourth-order valence-electron chi connectivity index (χ4n) is 7.05. The molecule has 1 saturated heterocycles. The van der Waals surface area contributed by atoms with Crippen LogP contribution in [0.25, 0.3) is 0 Å². The normalized spacial score (nSPS) is 21.8. The van der Waals surface area contributed by atoms with E-state index in [1.165, 1.54) is 116 Å². The second-order valence-corrected chi connectivity index (χ2v) is 16.3. The Balaban J connectivity index is 2.55. The molecular weight excluding hydrogens is 703 g/mol. The molecule has 0 spiro atoms. The third-order valence-electron chi connectivity index (χ3n) is 10.4. The van der Waals surface area contributed by atoms with Gasteiger partial charge in [0.05, 0.1) is 25.4 Å². The average Bonchev–Trinajstić information content (AvgIpc) is 3.12. The quantitative estimate of drug-likeness (QED) is 0.0274. The summed E-state index contributed by atoms with van der Waals surface area (Å²) in [5, 5.41) is 44.7. The summed E-state index contributed by atoms with van der Waals surface area (Å²) in [6.07, 6.45) is 22.5. The van der Waals surface area contributed by atoms with Gasteiger partial charge in [0.15, 0.2) is 6.29 Å². The number of hydrogen-bond acceptors (Lipinski definition) is 10. The van der Waals surface area contributed by atoms with Crippen LogP contribution in [0.3, 0.4) is 0 Å². The molecule has 7 unspecified atom stereocenters. The van der Waals surface area contributed by atoms with Crippen LogP contribution in [0.2, 0.25) is 0 Å². The Hall–Kier alpha value is -0.900.